The van der Waals surface area contributed by atoms with Crippen LogP contribution < -0.4 is 16.4 Å². The second-order valence-electron chi connectivity index (χ2n) is 2.80. The van der Waals surface area contributed by atoms with Crippen molar-refractivity contribution in [1.29, 1.82) is 0 Å². The van der Waals surface area contributed by atoms with Gasteiger partial charge >= 0.3 is 0 Å². The van der Waals surface area contributed by atoms with Crippen molar-refractivity contribution in [1.82, 2.24) is 10.3 Å². The molecular weight excluding hydrogens is 180 g/mol. The molecule has 0 saturated carbocycles. The molecule has 1 aromatic rings. The Morgan fingerprint density at radius 1 is 1.57 bits per heavy atom. The minimum atomic E-state index is 0.00130. The first kappa shape index (κ1) is 10.3. The van der Waals surface area contributed by atoms with Gasteiger partial charge in [0.2, 0.25) is 5.91 Å². The predicted octanol–water partition coefficient (Wildman–Crippen LogP) is 0.212. The quantitative estimate of drug-likeness (QED) is 0.640. The van der Waals surface area contributed by atoms with E-state index in [1.165, 1.54) is 0 Å². The Morgan fingerprint density at radius 3 is 3.00 bits per heavy atom. The van der Waals surface area contributed by atoms with E-state index in [0.717, 1.165) is 0 Å². The molecule has 0 unspecified atom stereocenters. The molecule has 14 heavy (non-hydrogen) atoms. The summed E-state index contributed by atoms with van der Waals surface area (Å²) in [7, 11) is 1.61. The lowest BCUT2D eigenvalue weighted by Crippen LogP contribution is -2.21. The summed E-state index contributed by atoms with van der Waals surface area (Å²) in [5.74, 6) is 1.16. The normalized spacial score (nSPS) is 9.50. The van der Waals surface area contributed by atoms with Crippen molar-refractivity contribution in [3.05, 3.63) is 18.2 Å². The maximum atomic E-state index is 10.9. The van der Waals surface area contributed by atoms with Crippen LogP contribution >= 0.6 is 0 Å². The number of nitrogen functional groups attached to an aromatic ring is 1. The van der Waals surface area contributed by atoms with Crippen LogP contribution in [0, 0.1) is 0 Å². The van der Waals surface area contributed by atoms with Crippen molar-refractivity contribution < 1.29 is 4.79 Å². The third-order valence-corrected chi connectivity index (χ3v) is 1.71. The molecule has 0 atom stereocenters. The van der Waals surface area contributed by atoms with Crippen molar-refractivity contribution in [2.45, 2.75) is 6.42 Å². The van der Waals surface area contributed by atoms with Gasteiger partial charge in [0.1, 0.15) is 11.6 Å². The number of pyridine rings is 1. The Bertz CT molecular complexity index is 313. The Balaban J connectivity index is 2.35. The van der Waals surface area contributed by atoms with Crippen molar-refractivity contribution in [2.75, 3.05) is 24.6 Å². The summed E-state index contributed by atoms with van der Waals surface area (Å²) in [6.07, 6.45) is 0.424. The van der Waals surface area contributed by atoms with Crippen molar-refractivity contribution >= 4 is 17.5 Å². The van der Waals surface area contributed by atoms with Gasteiger partial charge in [-0.2, -0.15) is 0 Å². The van der Waals surface area contributed by atoms with Crippen LogP contribution in [-0.4, -0.2) is 24.5 Å². The van der Waals surface area contributed by atoms with Gasteiger partial charge in [-0.15, -0.1) is 0 Å². The van der Waals surface area contributed by atoms with Crippen LogP contribution in [0.3, 0.4) is 0 Å². The highest BCUT2D eigenvalue weighted by atomic mass is 16.1. The molecule has 1 heterocycles. The molecule has 4 N–H and O–H groups in total. The second-order valence-corrected chi connectivity index (χ2v) is 2.80. The number of anilines is 2. The number of carbonyl (C=O) groups excluding carboxylic acids is 1. The highest BCUT2D eigenvalue weighted by molar-refractivity contribution is 5.76. The number of amides is 1. The van der Waals surface area contributed by atoms with Gasteiger partial charge in [-0.1, -0.05) is 6.07 Å². The lowest BCUT2D eigenvalue weighted by Gasteiger charge is -2.04. The van der Waals surface area contributed by atoms with Gasteiger partial charge in [0.05, 0.1) is 0 Å². The molecule has 5 nitrogen and oxygen atoms in total. The van der Waals surface area contributed by atoms with Crippen LogP contribution in [0.2, 0.25) is 0 Å². The lowest BCUT2D eigenvalue weighted by atomic mass is 10.4. The number of aromatic nitrogens is 1. The number of rotatable bonds is 4. The first-order valence-electron chi connectivity index (χ1n) is 4.39. The van der Waals surface area contributed by atoms with E-state index in [-0.39, 0.29) is 5.91 Å². The number of nitrogens with one attached hydrogen (secondary N) is 2. The maximum Gasteiger partial charge on any atom is 0.221 e. The van der Waals surface area contributed by atoms with Crippen LogP contribution in [0.5, 0.6) is 0 Å². The largest absolute Gasteiger partial charge is 0.384 e. The average molecular weight is 194 g/mol. The summed E-state index contributed by atoms with van der Waals surface area (Å²) >= 11 is 0. The summed E-state index contributed by atoms with van der Waals surface area (Å²) in [5.41, 5.74) is 5.49. The van der Waals surface area contributed by atoms with E-state index in [9.17, 15) is 4.79 Å². The zero-order valence-corrected chi connectivity index (χ0v) is 8.08. The first-order valence-corrected chi connectivity index (χ1v) is 4.39. The van der Waals surface area contributed by atoms with Crippen LogP contribution in [-0.2, 0) is 4.79 Å². The number of hydrogen-bond acceptors (Lipinski definition) is 4. The topological polar surface area (TPSA) is 80.0 Å². The summed E-state index contributed by atoms with van der Waals surface area (Å²) in [6.45, 7) is 0.552. The molecule has 0 saturated heterocycles. The van der Waals surface area contributed by atoms with E-state index in [1.54, 1.807) is 19.2 Å². The third kappa shape index (κ3) is 3.30. The minimum absolute atomic E-state index is 0.00130. The molecule has 1 aromatic heterocycles. The van der Waals surface area contributed by atoms with Gasteiger partial charge in [0.25, 0.3) is 0 Å². The second kappa shape index (κ2) is 5.06. The van der Waals surface area contributed by atoms with Gasteiger partial charge < -0.3 is 16.4 Å². The molecule has 0 fully saturated rings. The van der Waals surface area contributed by atoms with E-state index in [0.29, 0.717) is 24.6 Å². The summed E-state index contributed by atoms with van der Waals surface area (Å²) < 4.78 is 0. The van der Waals surface area contributed by atoms with Crippen molar-refractivity contribution in [3.63, 3.8) is 0 Å². The van der Waals surface area contributed by atoms with Crippen LogP contribution in [0.4, 0.5) is 11.6 Å². The summed E-state index contributed by atoms with van der Waals surface area (Å²) in [5, 5.41) is 5.54. The van der Waals surface area contributed by atoms with E-state index in [1.807, 2.05) is 6.07 Å². The highest BCUT2D eigenvalue weighted by Gasteiger charge is 1.97. The van der Waals surface area contributed by atoms with Crippen LogP contribution in [0.15, 0.2) is 18.2 Å². The Kier molecular flexibility index (Phi) is 3.72. The zero-order valence-electron chi connectivity index (χ0n) is 8.08. The van der Waals surface area contributed by atoms with Gasteiger partial charge in [-0.3, -0.25) is 4.79 Å². The molecule has 0 aliphatic carbocycles. The van der Waals surface area contributed by atoms with E-state index < -0.39 is 0 Å². The van der Waals surface area contributed by atoms with Gasteiger partial charge in [-0.25, -0.2) is 4.98 Å². The monoisotopic (exact) mass is 194 g/mol. The molecule has 0 spiro atoms. The standard InChI is InChI=1S/C9H14N4O/c1-11-9(14)5-6-12-8-4-2-3-7(10)13-8/h2-4H,5-6H2,1H3,(H,11,14)(H3,10,12,13). The molecule has 1 rings (SSSR count). The maximum absolute atomic E-state index is 10.9. The smallest absolute Gasteiger partial charge is 0.221 e. The van der Waals surface area contributed by atoms with Gasteiger partial charge in [-0.05, 0) is 12.1 Å². The fraction of sp³-hybridized carbons (Fsp3) is 0.333. The molecule has 0 aliphatic rings. The molecule has 0 aromatic carbocycles. The van der Waals surface area contributed by atoms with Crippen molar-refractivity contribution in [3.8, 4) is 0 Å². The number of nitrogens with zero attached hydrogens (tertiary/aromatic N) is 1. The van der Waals surface area contributed by atoms with Crippen molar-refractivity contribution in [2.24, 2.45) is 0 Å². The predicted molar refractivity (Wildman–Crippen MR) is 55.8 cm³/mol. The Labute approximate surface area is 82.7 Å². The Hall–Kier alpha value is -1.78. The number of carbonyl (C=O) groups is 1. The minimum Gasteiger partial charge on any atom is -0.384 e. The Morgan fingerprint density at radius 2 is 2.36 bits per heavy atom. The van der Waals surface area contributed by atoms with E-state index >= 15 is 0 Å². The van der Waals surface area contributed by atoms with Crippen LogP contribution in [0.1, 0.15) is 6.42 Å². The van der Waals surface area contributed by atoms with Crippen LogP contribution in [0.25, 0.3) is 0 Å². The highest BCUT2D eigenvalue weighted by Crippen LogP contribution is 2.05. The number of hydrogen-bond donors (Lipinski definition) is 3. The summed E-state index contributed by atoms with van der Waals surface area (Å²) in [6, 6.07) is 5.33. The summed E-state index contributed by atoms with van der Waals surface area (Å²) in [4.78, 5) is 14.9. The molecule has 0 bridgehead atoms. The number of nitrogens with two attached hydrogens (primary N) is 1. The molecular formula is C9H14N4O. The fourth-order valence-corrected chi connectivity index (χ4v) is 0.979. The molecule has 0 aliphatic heterocycles. The van der Waals surface area contributed by atoms with E-state index in [4.69, 9.17) is 5.73 Å². The molecule has 5 heteroatoms. The fourth-order valence-electron chi connectivity index (χ4n) is 0.979. The lowest BCUT2D eigenvalue weighted by molar-refractivity contribution is -0.120. The van der Waals surface area contributed by atoms with E-state index in [2.05, 4.69) is 15.6 Å². The van der Waals surface area contributed by atoms with Gasteiger partial charge in [0, 0.05) is 20.0 Å². The molecule has 76 valence electrons. The average Bonchev–Trinajstić information content (AvgIpc) is 2.17. The third-order valence-electron chi connectivity index (χ3n) is 1.71. The SMILES string of the molecule is CNC(=O)CCNc1cccc(N)n1. The van der Waals surface area contributed by atoms with Gasteiger partial charge in [0.15, 0.2) is 0 Å². The first-order chi connectivity index (χ1) is 6.72. The molecule has 0 radical (unpaired) electrons. The zero-order chi connectivity index (χ0) is 10.4. The molecule has 1 amide bonds.